The number of nitrogens with zero attached hydrogens (tertiary/aromatic N) is 2. The fourth-order valence-corrected chi connectivity index (χ4v) is 7.67. The molecule has 0 N–H and O–H groups in total. The van der Waals surface area contributed by atoms with Crippen LogP contribution < -0.4 is 98.8 Å². The van der Waals surface area contributed by atoms with Crippen LogP contribution in [0.25, 0.3) is 0 Å². The first-order valence-electron chi connectivity index (χ1n) is 13.7. The first-order valence-corrected chi connectivity index (χ1v) is 19.0. The number of hydrogen-bond acceptors (Lipinski definition) is 14. The number of rotatable bonds is 13. The van der Waals surface area contributed by atoms with Gasteiger partial charge in [0.1, 0.15) is 16.7 Å². The molecule has 0 unspecified atom stereocenters. The summed E-state index contributed by atoms with van der Waals surface area (Å²) in [6.45, 7) is 7.33. The molecule has 0 fully saturated rings. The van der Waals surface area contributed by atoms with Crippen LogP contribution in [0.2, 0.25) is 0 Å². The molecule has 4 rings (SSSR count). The molecule has 0 amide bonds. The predicted molar refractivity (Wildman–Crippen MR) is 163 cm³/mol. The van der Waals surface area contributed by atoms with Crippen molar-refractivity contribution in [1.29, 1.82) is 0 Å². The first-order chi connectivity index (χ1) is 21.2. The first kappa shape index (κ1) is 47.4. The molecule has 2 aromatic rings. The van der Waals surface area contributed by atoms with Crippen molar-refractivity contribution >= 4 is 59.5 Å². The van der Waals surface area contributed by atoms with Gasteiger partial charge in [0, 0.05) is 58.1 Å². The zero-order valence-corrected chi connectivity index (χ0v) is 37.4. The molecular weight excluding hydrogens is 754 g/mol. The van der Waals surface area contributed by atoms with E-state index in [1.165, 1.54) is 18.2 Å². The molecule has 2 aliphatic heterocycles. The van der Waals surface area contributed by atoms with E-state index in [0.29, 0.717) is 45.3 Å². The third-order valence-electron chi connectivity index (χ3n) is 8.02. The molecule has 0 atom stereocenters. The second kappa shape index (κ2) is 18.1. The van der Waals surface area contributed by atoms with E-state index in [-0.39, 0.29) is 108 Å². The second-order valence-electron chi connectivity index (χ2n) is 11.8. The van der Waals surface area contributed by atoms with Crippen molar-refractivity contribution in [1.82, 2.24) is 0 Å². The van der Waals surface area contributed by atoms with Crippen molar-refractivity contribution in [2.75, 3.05) is 29.5 Å². The van der Waals surface area contributed by atoms with E-state index in [9.17, 15) is 44.2 Å². The Kier molecular flexibility index (Phi) is 17.5. The molecule has 2 heterocycles. The Balaban J connectivity index is 0.00000400. The Hall–Kier alpha value is 0.350. The van der Waals surface area contributed by atoms with Gasteiger partial charge in [0.25, 0.3) is 0 Å². The van der Waals surface area contributed by atoms with Crippen LogP contribution in [0, 0.1) is 0 Å². The molecule has 21 heteroatoms. The van der Waals surface area contributed by atoms with Gasteiger partial charge in [-0.05, 0) is 55.8 Å². The summed E-state index contributed by atoms with van der Waals surface area (Å²) in [5, 5.41) is 13.8. The SMILES string of the molecule is CC1(C)C(C=C/C=C2/N(CCS(=O)(=O)[O-])c3ccc(SOO[O-])cc3C2(C)C)=[N+](CCCS(=O)(=O)[O-])c2ccc(S(=O)(=O)[O-])cc21.[Na+].[Na+].[Na+]. The molecule has 2 aliphatic rings. The zero-order valence-electron chi connectivity index (χ0n) is 28.2. The number of hydrogen-bond donors (Lipinski definition) is 0. The van der Waals surface area contributed by atoms with Gasteiger partial charge >= 0.3 is 88.7 Å². The van der Waals surface area contributed by atoms with E-state index in [2.05, 4.69) is 9.37 Å². The van der Waals surface area contributed by atoms with E-state index in [4.69, 9.17) is 0 Å². The maximum absolute atomic E-state index is 11.8. The summed E-state index contributed by atoms with van der Waals surface area (Å²) >= 11 is 0.690. The molecule has 0 bridgehead atoms. The largest absolute Gasteiger partial charge is 1.00 e. The van der Waals surface area contributed by atoms with Crippen LogP contribution in [0.5, 0.6) is 0 Å². The molecule has 0 radical (unpaired) electrons. The molecule has 14 nitrogen and oxygen atoms in total. The second-order valence-corrected chi connectivity index (χ2v) is 17.0. The van der Waals surface area contributed by atoms with Crippen LogP contribution in [0.4, 0.5) is 11.4 Å². The van der Waals surface area contributed by atoms with Crippen molar-refractivity contribution in [2.45, 2.75) is 54.7 Å². The Labute approximate surface area is 357 Å². The molecule has 0 saturated heterocycles. The number of fused-ring (bicyclic) bond motifs is 2. The Morgan fingerprint density at radius 2 is 1.49 bits per heavy atom. The number of allylic oxidation sites excluding steroid dienone is 4. The summed E-state index contributed by atoms with van der Waals surface area (Å²) in [4.78, 5) is 1.82. The van der Waals surface area contributed by atoms with Crippen molar-refractivity contribution in [3.05, 3.63) is 71.5 Å². The van der Waals surface area contributed by atoms with Gasteiger partial charge in [-0.1, -0.05) is 19.9 Å². The van der Waals surface area contributed by atoms with Gasteiger partial charge in [-0.25, -0.2) is 25.3 Å². The number of benzene rings is 2. The van der Waals surface area contributed by atoms with E-state index in [1.54, 1.807) is 59.8 Å². The minimum atomic E-state index is -4.77. The Morgan fingerprint density at radius 3 is 2.06 bits per heavy atom. The van der Waals surface area contributed by atoms with E-state index in [1.807, 2.05) is 13.8 Å². The number of anilines is 1. The Bertz CT molecular complexity index is 1960. The van der Waals surface area contributed by atoms with Crippen LogP contribution in [0.15, 0.2) is 70.1 Å². The Morgan fingerprint density at radius 1 is 0.857 bits per heavy atom. The van der Waals surface area contributed by atoms with Gasteiger partial charge in [-0.15, -0.1) is 0 Å². The molecule has 252 valence electrons. The average molecular weight is 785 g/mol. The van der Waals surface area contributed by atoms with E-state index < -0.39 is 57.6 Å². The minimum Gasteiger partial charge on any atom is -0.748 e. The van der Waals surface area contributed by atoms with Gasteiger partial charge < -0.3 is 23.8 Å². The summed E-state index contributed by atoms with van der Waals surface area (Å²) in [5.41, 5.74) is 2.06. The van der Waals surface area contributed by atoms with Gasteiger partial charge in [0.2, 0.25) is 5.69 Å². The van der Waals surface area contributed by atoms with Gasteiger partial charge in [-0.2, -0.15) is 8.91 Å². The van der Waals surface area contributed by atoms with Crippen LogP contribution in [0.3, 0.4) is 0 Å². The van der Waals surface area contributed by atoms with Crippen LogP contribution in [-0.2, 0) is 50.6 Å². The van der Waals surface area contributed by atoms with Crippen molar-refractivity contribution in [2.24, 2.45) is 0 Å². The minimum absolute atomic E-state index is 0. The normalized spacial score (nSPS) is 17.4. The third-order valence-corrected chi connectivity index (χ3v) is 10.9. The smallest absolute Gasteiger partial charge is 0.748 e. The monoisotopic (exact) mass is 784 g/mol. The van der Waals surface area contributed by atoms with Gasteiger partial charge in [0.15, 0.2) is 5.71 Å². The molecule has 0 spiro atoms. The van der Waals surface area contributed by atoms with Gasteiger partial charge in [0.05, 0.1) is 48.3 Å². The van der Waals surface area contributed by atoms with Crippen LogP contribution in [-0.4, -0.2) is 73.8 Å². The van der Waals surface area contributed by atoms with E-state index in [0.717, 1.165) is 5.56 Å². The van der Waals surface area contributed by atoms with Crippen LogP contribution >= 0.6 is 12.0 Å². The van der Waals surface area contributed by atoms with Crippen molar-refractivity contribution < 1.29 is 147 Å². The van der Waals surface area contributed by atoms with Crippen molar-refractivity contribution in [3.8, 4) is 0 Å². The fraction of sp³-hybridized carbons (Fsp3) is 0.393. The molecule has 2 aromatic carbocycles. The summed E-state index contributed by atoms with van der Waals surface area (Å²) in [7, 11) is -13.8. The summed E-state index contributed by atoms with van der Waals surface area (Å²) in [6, 6.07) is 9.01. The van der Waals surface area contributed by atoms with Crippen molar-refractivity contribution in [3.63, 3.8) is 0 Å². The summed E-state index contributed by atoms with van der Waals surface area (Å²) in [5.74, 6) is -1.29. The molecule has 0 aromatic heterocycles. The molecule has 0 saturated carbocycles. The molecule has 0 aliphatic carbocycles. The molecular formula is C28H31N2Na3O12S4. The topological polar surface area (TPSA) is 219 Å². The zero-order chi connectivity index (χ0) is 34.3. The predicted octanol–water partition coefficient (Wildman–Crippen LogP) is -7.07. The standard InChI is InChI=1S/C28H34N2O12S4.3Na/c1-27(2)21-17-19(43-42-41-31)9-11-23(21)30(14-16-45(35,36)37)26(27)8-5-7-25-28(3,4)22-18-20(46(38,39)40)10-12-24(22)29(25)13-6-15-44(32,33)34;;;/h5,7-12,17-18H,6,13-16H2,1-4H3,(H3-,31,32,33,34,35,36,37,38,39,40);;;/q;3*+1/p-3. The fourth-order valence-electron chi connectivity index (χ4n) is 5.88. The quantitative estimate of drug-likeness (QED) is 0.0461. The average Bonchev–Trinajstić information content (AvgIpc) is 3.27. The summed E-state index contributed by atoms with van der Waals surface area (Å²) < 4.78 is 110. The van der Waals surface area contributed by atoms with Gasteiger partial charge in [-0.3, -0.25) is 5.04 Å². The van der Waals surface area contributed by atoms with Crippen LogP contribution in [0.1, 0.15) is 45.2 Å². The maximum atomic E-state index is 11.8. The molecule has 49 heavy (non-hydrogen) atoms. The third kappa shape index (κ3) is 11.4. The maximum Gasteiger partial charge on any atom is 1.00 e. The summed E-state index contributed by atoms with van der Waals surface area (Å²) in [6.07, 6.45) is 5.13. The van der Waals surface area contributed by atoms with E-state index >= 15 is 0 Å².